The predicted molar refractivity (Wildman–Crippen MR) is 111 cm³/mol. The average molecular weight is 349 g/mol. The third-order valence-electron chi connectivity index (χ3n) is 5.07. The number of rotatable bonds is 2. The van der Waals surface area contributed by atoms with E-state index in [0.717, 1.165) is 55.3 Å². The number of benzene rings is 4. The zero-order valence-corrected chi connectivity index (χ0v) is 14.4. The van der Waals surface area contributed by atoms with E-state index in [2.05, 4.69) is 29.6 Å². The summed E-state index contributed by atoms with van der Waals surface area (Å²) >= 11 is 0. The summed E-state index contributed by atoms with van der Waals surface area (Å²) in [6.07, 6.45) is 0. The maximum absolute atomic E-state index is 6.01. The third-order valence-corrected chi connectivity index (χ3v) is 5.07. The number of para-hydroxylation sites is 2. The first-order chi connectivity index (χ1) is 13.4. The van der Waals surface area contributed by atoms with Gasteiger partial charge in [-0.1, -0.05) is 48.5 Å². The van der Waals surface area contributed by atoms with Crippen LogP contribution < -0.4 is 5.32 Å². The van der Waals surface area contributed by atoms with Crippen molar-refractivity contribution >= 4 is 55.3 Å². The van der Waals surface area contributed by atoms with Gasteiger partial charge in [-0.15, -0.1) is 0 Å². The first kappa shape index (κ1) is 14.4. The van der Waals surface area contributed by atoms with Crippen molar-refractivity contribution < 1.29 is 8.83 Å². The molecule has 3 nitrogen and oxygen atoms in total. The fourth-order valence-electron chi connectivity index (χ4n) is 3.90. The molecule has 0 amide bonds. The van der Waals surface area contributed by atoms with Crippen LogP contribution in [0.3, 0.4) is 0 Å². The van der Waals surface area contributed by atoms with Gasteiger partial charge in [0.15, 0.2) is 0 Å². The molecule has 1 N–H and O–H groups in total. The van der Waals surface area contributed by atoms with Gasteiger partial charge < -0.3 is 14.2 Å². The van der Waals surface area contributed by atoms with Crippen LogP contribution in [0.2, 0.25) is 0 Å². The highest BCUT2D eigenvalue weighted by molar-refractivity contribution is 6.15. The summed E-state index contributed by atoms with van der Waals surface area (Å²) in [6.45, 7) is 0. The normalized spacial score (nSPS) is 11.7. The van der Waals surface area contributed by atoms with E-state index < -0.39 is 0 Å². The molecule has 0 saturated carbocycles. The molecule has 0 unspecified atom stereocenters. The first-order valence-corrected chi connectivity index (χ1v) is 8.96. The van der Waals surface area contributed by atoms with Crippen LogP contribution in [0.5, 0.6) is 0 Å². The molecule has 2 aromatic heterocycles. The van der Waals surface area contributed by atoms with E-state index in [0.29, 0.717) is 0 Å². The van der Waals surface area contributed by atoms with Crippen molar-refractivity contribution in [3.63, 3.8) is 0 Å². The van der Waals surface area contributed by atoms with Crippen LogP contribution in [0.25, 0.3) is 43.9 Å². The molecule has 0 bridgehead atoms. The minimum absolute atomic E-state index is 0.880. The highest BCUT2D eigenvalue weighted by Gasteiger charge is 2.14. The van der Waals surface area contributed by atoms with Crippen LogP contribution in [0.1, 0.15) is 0 Å². The number of furan rings is 2. The van der Waals surface area contributed by atoms with Crippen LogP contribution in [0.4, 0.5) is 11.4 Å². The molecular formula is C24H15NO2. The van der Waals surface area contributed by atoms with Gasteiger partial charge in [0.2, 0.25) is 0 Å². The summed E-state index contributed by atoms with van der Waals surface area (Å²) in [5.41, 5.74) is 5.60. The molecule has 6 rings (SSSR count). The van der Waals surface area contributed by atoms with E-state index in [-0.39, 0.29) is 0 Å². The van der Waals surface area contributed by atoms with Crippen molar-refractivity contribution in [3.05, 3.63) is 84.9 Å². The molecule has 0 aliphatic carbocycles. The smallest absolute Gasteiger partial charge is 0.137 e. The fraction of sp³-hybridized carbons (Fsp3) is 0. The van der Waals surface area contributed by atoms with Gasteiger partial charge in [0, 0.05) is 10.8 Å². The summed E-state index contributed by atoms with van der Waals surface area (Å²) in [5.74, 6) is 0. The number of nitrogens with one attached hydrogen (secondary N) is 1. The largest absolute Gasteiger partial charge is 0.456 e. The predicted octanol–water partition coefficient (Wildman–Crippen LogP) is 7.23. The molecule has 6 aromatic rings. The Bertz CT molecular complexity index is 1340. The zero-order valence-electron chi connectivity index (χ0n) is 14.4. The molecule has 0 aliphatic heterocycles. The molecule has 0 spiro atoms. The molecule has 0 aliphatic rings. The monoisotopic (exact) mass is 349 g/mol. The number of fused-ring (bicyclic) bond motifs is 6. The van der Waals surface area contributed by atoms with E-state index in [1.807, 2.05) is 60.7 Å². The van der Waals surface area contributed by atoms with Crippen LogP contribution >= 0.6 is 0 Å². The summed E-state index contributed by atoms with van der Waals surface area (Å²) in [7, 11) is 0. The lowest BCUT2D eigenvalue weighted by Crippen LogP contribution is -1.91. The molecule has 4 aromatic carbocycles. The quantitative estimate of drug-likeness (QED) is 0.358. The molecule has 0 radical (unpaired) electrons. The number of hydrogen-bond donors (Lipinski definition) is 1. The van der Waals surface area contributed by atoms with E-state index in [1.54, 1.807) is 0 Å². The Balaban J connectivity index is 1.62. The lowest BCUT2D eigenvalue weighted by atomic mass is 10.1. The highest BCUT2D eigenvalue weighted by atomic mass is 16.3. The molecule has 128 valence electrons. The van der Waals surface area contributed by atoms with Gasteiger partial charge >= 0.3 is 0 Å². The van der Waals surface area contributed by atoms with Crippen LogP contribution in [-0.2, 0) is 0 Å². The Kier molecular flexibility index (Phi) is 2.88. The van der Waals surface area contributed by atoms with Gasteiger partial charge in [-0.3, -0.25) is 0 Å². The molecule has 2 heterocycles. The average Bonchev–Trinajstić information content (AvgIpc) is 3.27. The Hall–Kier alpha value is -3.72. The maximum Gasteiger partial charge on any atom is 0.137 e. The van der Waals surface area contributed by atoms with Gasteiger partial charge in [-0.2, -0.15) is 0 Å². The summed E-state index contributed by atoms with van der Waals surface area (Å²) in [6, 6.07) is 28.5. The second kappa shape index (κ2) is 5.39. The van der Waals surface area contributed by atoms with E-state index in [4.69, 9.17) is 8.83 Å². The molecule has 27 heavy (non-hydrogen) atoms. The summed E-state index contributed by atoms with van der Waals surface area (Å²) in [4.78, 5) is 0. The van der Waals surface area contributed by atoms with Gasteiger partial charge in [-0.25, -0.2) is 0 Å². The van der Waals surface area contributed by atoms with E-state index in [9.17, 15) is 0 Å². The van der Waals surface area contributed by atoms with E-state index >= 15 is 0 Å². The number of hydrogen-bond acceptors (Lipinski definition) is 3. The summed E-state index contributed by atoms with van der Waals surface area (Å²) in [5, 5.41) is 8.04. The van der Waals surface area contributed by atoms with Crippen LogP contribution in [-0.4, -0.2) is 0 Å². The number of anilines is 2. The van der Waals surface area contributed by atoms with Gasteiger partial charge in [-0.05, 0) is 36.4 Å². The van der Waals surface area contributed by atoms with Crippen LogP contribution in [0.15, 0.2) is 93.8 Å². The second-order valence-corrected chi connectivity index (χ2v) is 6.68. The van der Waals surface area contributed by atoms with Crippen molar-refractivity contribution in [1.82, 2.24) is 0 Å². The third kappa shape index (κ3) is 2.09. The van der Waals surface area contributed by atoms with Crippen molar-refractivity contribution in [1.29, 1.82) is 0 Å². The second-order valence-electron chi connectivity index (χ2n) is 6.68. The first-order valence-electron chi connectivity index (χ1n) is 8.96. The minimum atomic E-state index is 0.880. The molecule has 0 atom stereocenters. The van der Waals surface area contributed by atoms with Gasteiger partial charge in [0.1, 0.15) is 22.3 Å². The standard InChI is InChI=1S/C24H15NO2/c1-3-11-19-15(7-1)23-17(9-5-13-21(23)26-19)25-18-10-6-14-22-24(18)16-8-2-4-12-20(16)27-22/h1-14,25H. The van der Waals surface area contributed by atoms with Gasteiger partial charge in [0.25, 0.3) is 0 Å². The fourth-order valence-corrected chi connectivity index (χ4v) is 3.90. The minimum Gasteiger partial charge on any atom is -0.456 e. The molecular weight excluding hydrogens is 334 g/mol. The van der Waals surface area contributed by atoms with Crippen molar-refractivity contribution in [3.8, 4) is 0 Å². The molecule has 0 saturated heterocycles. The Labute approximate surface area is 154 Å². The zero-order chi connectivity index (χ0) is 17.8. The maximum atomic E-state index is 6.01. The summed E-state index contributed by atoms with van der Waals surface area (Å²) < 4.78 is 12.0. The lowest BCUT2D eigenvalue weighted by Gasteiger charge is -2.09. The van der Waals surface area contributed by atoms with E-state index in [1.165, 1.54) is 0 Å². The Morgan fingerprint density at radius 1 is 0.444 bits per heavy atom. The topological polar surface area (TPSA) is 38.3 Å². The lowest BCUT2D eigenvalue weighted by molar-refractivity contribution is 0.668. The Morgan fingerprint density at radius 3 is 1.41 bits per heavy atom. The van der Waals surface area contributed by atoms with Crippen molar-refractivity contribution in [2.45, 2.75) is 0 Å². The molecule has 3 heteroatoms. The molecule has 0 fully saturated rings. The van der Waals surface area contributed by atoms with Crippen molar-refractivity contribution in [2.24, 2.45) is 0 Å². The highest BCUT2D eigenvalue weighted by Crippen LogP contribution is 2.39. The van der Waals surface area contributed by atoms with Gasteiger partial charge in [0.05, 0.1) is 22.1 Å². The van der Waals surface area contributed by atoms with Crippen LogP contribution in [0, 0.1) is 0 Å². The van der Waals surface area contributed by atoms with Crippen molar-refractivity contribution in [2.75, 3.05) is 5.32 Å². The Morgan fingerprint density at radius 2 is 0.889 bits per heavy atom. The SMILES string of the molecule is c1ccc2c(c1)oc1cccc(Nc3cccc4oc5ccccc5c34)c12.